The fraction of sp³-hybridized carbons (Fsp3) is 0.351. The molecule has 2 heterocycles. The molecule has 6 rings (SSSR count). The number of halogens is 3. The molecule has 0 unspecified atom stereocenters. The number of piperidine rings is 1. The highest BCUT2D eigenvalue weighted by Crippen LogP contribution is 2.48. The van der Waals surface area contributed by atoms with Gasteiger partial charge in [0.05, 0.1) is 25.3 Å². The van der Waals surface area contributed by atoms with Crippen LogP contribution in [0.4, 0.5) is 30.2 Å². The number of pyridine rings is 1. The first-order valence-corrected chi connectivity index (χ1v) is 16.6. The number of hydrogen-bond donors (Lipinski definition) is 3. The van der Waals surface area contributed by atoms with Gasteiger partial charge in [0.25, 0.3) is 0 Å². The Kier molecular flexibility index (Phi) is 9.95. The average molecular weight is 706 g/mol. The number of benzene rings is 3. The molecule has 2 fully saturated rings. The molecular weight excluding hydrogens is 667 g/mol. The number of carbonyl (C=O) groups excluding carboxylic acids is 3. The van der Waals surface area contributed by atoms with Crippen molar-refractivity contribution in [2.45, 2.75) is 51.2 Å². The number of ether oxygens (including phenoxy) is 3. The first-order chi connectivity index (χ1) is 24.4. The van der Waals surface area contributed by atoms with Crippen molar-refractivity contribution in [3.05, 3.63) is 72.4 Å². The molecule has 0 spiro atoms. The van der Waals surface area contributed by atoms with Crippen molar-refractivity contribution in [3.8, 4) is 23.0 Å². The molecule has 3 N–H and O–H groups in total. The topological polar surface area (TPSA) is 131 Å². The molecule has 51 heavy (non-hydrogen) atoms. The minimum atomic E-state index is -4.69. The zero-order valence-electron chi connectivity index (χ0n) is 28.4. The van der Waals surface area contributed by atoms with Gasteiger partial charge in [0.15, 0.2) is 11.5 Å². The van der Waals surface area contributed by atoms with E-state index in [9.17, 15) is 27.6 Å². The molecule has 3 aromatic carbocycles. The SMILES string of the molecule is CCC(=O)NC1CCN(c2ccc(NC(=O)C3(C(=O)Nc4cccc(Oc5ccnc6cc(OC)c(OC)cc56)c4)CC3)cc2C(F)(F)F)CC1. The van der Waals surface area contributed by atoms with Crippen LogP contribution in [0.15, 0.2) is 66.9 Å². The second kappa shape index (κ2) is 14.4. The number of nitrogens with one attached hydrogen (secondary N) is 3. The molecular formula is C37H38F3N5O6. The zero-order valence-corrected chi connectivity index (χ0v) is 28.4. The van der Waals surface area contributed by atoms with E-state index in [4.69, 9.17) is 14.2 Å². The first-order valence-electron chi connectivity index (χ1n) is 16.6. The number of amides is 3. The van der Waals surface area contributed by atoms with Crippen molar-refractivity contribution in [2.24, 2.45) is 5.41 Å². The van der Waals surface area contributed by atoms with E-state index in [0.717, 1.165) is 6.07 Å². The van der Waals surface area contributed by atoms with Crippen molar-refractivity contribution in [1.29, 1.82) is 0 Å². The third-order valence-corrected chi connectivity index (χ3v) is 9.23. The van der Waals surface area contributed by atoms with Crippen LogP contribution in [0.2, 0.25) is 0 Å². The van der Waals surface area contributed by atoms with E-state index in [1.54, 1.807) is 60.5 Å². The number of hydrogen-bond acceptors (Lipinski definition) is 8. The van der Waals surface area contributed by atoms with Crippen molar-refractivity contribution in [2.75, 3.05) is 42.8 Å². The van der Waals surface area contributed by atoms with Gasteiger partial charge in [-0.3, -0.25) is 19.4 Å². The highest BCUT2D eigenvalue weighted by molar-refractivity contribution is 6.17. The molecule has 1 aliphatic heterocycles. The lowest BCUT2D eigenvalue weighted by molar-refractivity contribution is -0.137. The van der Waals surface area contributed by atoms with Crippen molar-refractivity contribution in [1.82, 2.24) is 10.3 Å². The monoisotopic (exact) mass is 705 g/mol. The normalized spacial score (nSPS) is 15.5. The minimum Gasteiger partial charge on any atom is -0.493 e. The van der Waals surface area contributed by atoms with Gasteiger partial charge >= 0.3 is 6.18 Å². The van der Waals surface area contributed by atoms with Gasteiger partial charge in [-0.15, -0.1) is 0 Å². The smallest absolute Gasteiger partial charge is 0.418 e. The Morgan fingerprint density at radius 1 is 0.882 bits per heavy atom. The van der Waals surface area contributed by atoms with Crippen LogP contribution < -0.4 is 35.1 Å². The second-order valence-electron chi connectivity index (χ2n) is 12.6. The highest BCUT2D eigenvalue weighted by Gasteiger charge is 2.56. The molecule has 3 amide bonds. The average Bonchev–Trinajstić information content (AvgIpc) is 3.94. The number of carbonyl (C=O) groups is 3. The van der Waals surface area contributed by atoms with Gasteiger partial charge in [0, 0.05) is 66.3 Å². The van der Waals surface area contributed by atoms with Crippen molar-refractivity contribution in [3.63, 3.8) is 0 Å². The lowest BCUT2D eigenvalue weighted by Gasteiger charge is -2.35. The number of fused-ring (bicyclic) bond motifs is 1. The number of aromatic nitrogens is 1. The van der Waals surface area contributed by atoms with Gasteiger partial charge in [-0.25, -0.2) is 0 Å². The van der Waals surface area contributed by atoms with Crippen LogP contribution in [0.5, 0.6) is 23.0 Å². The number of nitrogens with zero attached hydrogens (tertiary/aromatic N) is 2. The molecule has 0 radical (unpaired) electrons. The third kappa shape index (κ3) is 7.64. The maximum absolute atomic E-state index is 14.3. The Hall–Kier alpha value is -5.53. The molecule has 0 bridgehead atoms. The summed E-state index contributed by atoms with van der Waals surface area (Å²) < 4.78 is 59.7. The van der Waals surface area contributed by atoms with E-state index in [0.29, 0.717) is 71.9 Å². The standard InChI is InChI=1S/C37H38F3N5O6/c1-4-33(46)42-22-11-16-45(17-12-22)29-9-8-24(19-27(29)37(38,39)40)44-35(48)36(13-14-36)34(47)43-23-6-5-7-25(18-23)51-30-10-15-41-28-21-32(50-3)31(49-2)20-26(28)30/h5-10,15,18-22H,4,11-14,16-17H2,1-3H3,(H,42,46)(H,43,47)(H,44,48). The predicted molar refractivity (Wildman–Crippen MR) is 185 cm³/mol. The van der Waals surface area contributed by atoms with Gasteiger partial charge in [-0.05, 0) is 68.1 Å². The number of alkyl halides is 3. The summed E-state index contributed by atoms with van der Waals surface area (Å²) >= 11 is 0. The third-order valence-electron chi connectivity index (χ3n) is 9.23. The summed E-state index contributed by atoms with van der Waals surface area (Å²) in [5.74, 6) is 0.547. The largest absolute Gasteiger partial charge is 0.493 e. The van der Waals surface area contributed by atoms with Crippen LogP contribution in [0.25, 0.3) is 10.9 Å². The quantitative estimate of drug-likeness (QED) is 0.144. The van der Waals surface area contributed by atoms with Crippen molar-refractivity contribution >= 4 is 45.7 Å². The molecule has 14 heteroatoms. The van der Waals surface area contributed by atoms with Crippen LogP contribution in [0.1, 0.15) is 44.6 Å². The number of rotatable bonds is 11. The molecule has 268 valence electrons. The lowest BCUT2D eigenvalue weighted by Crippen LogP contribution is -2.45. The summed E-state index contributed by atoms with van der Waals surface area (Å²) in [6, 6.07) is 15.4. The highest BCUT2D eigenvalue weighted by atomic mass is 19.4. The Labute approximate surface area is 292 Å². The summed E-state index contributed by atoms with van der Waals surface area (Å²) in [6.07, 6.45) is -1.25. The van der Waals surface area contributed by atoms with E-state index in [1.165, 1.54) is 26.4 Å². The summed E-state index contributed by atoms with van der Waals surface area (Å²) in [5.41, 5.74) is -1.39. The summed E-state index contributed by atoms with van der Waals surface area (Å²) in [5, 5.41) is 8.90. The Morgan fingerprint density at radius 2 is 1.55 bits per heavy atom. The Bertz CT molecular complexity index is 1960. The molecule has 2 aliphatic rings. The number of anilines is 3. The first kappa shape index (κ1) is 35.3. The van der Waals surface area contributed by atoms with Crippen LogP contribution in [-0.4, -0.2) is 56.1 Å². The van der Waals surface area contributed by atoms with Crippen LogP contribution >= 0.6 is 0 Å². The maximum Gasteiger partial charge on any atom is 0.418 e. The van der Waals surface area contributed by atoms with Crippen LogP contribution in [0.3, 0.4) is 0 Å². The maximum atomic E-state index is 14.3. The van der Waals surface area contributed by atoms with Gasteiger partial charge in [-0.2, -0.15) is 13.2 Å². The molecule has 1 aromatic heterocycles. The van der Waals surface area contributed by atoms with Gasteiger partial charge in [-0.1, -0.05) is 13.0 Å². The van der Waals surface area contributed by atoms with E-state index < -0.39 is 29.0 Å². The number of methoxy groups -OCH3 is 2. The van der Waals surface area contributed by atoms with Gasteiger partial charge in [0.2, 0.25) is 17.7 Å². The van der Waals surface area contributed by atoms with E-state index in [1.807, 2.05) is 0 Å². The lowest BCUT2D eigenvalue weighted by atomic mass is 10.0. The molecule has 1 aliphatic carbocycles. The van der Waals surface area contributed by atoms with E-state index >= 15 is 0 Å². The Morgan fingerprint density at radius 3 is 2.18 bits per heavy atom. The van der Waals surface area contributed by atoms with Crippen LogP contribution in [-0.2, 0) is 20.6 Å². The molecule has 1 saturated heterocycles. The van der Waals surface area contributed by atoms with E-state index in [2.05, 4.69) is 20.9 Å². The summed E-state index contributed by atoms with van der Waals surface area (Å²) in [4.78, 5) is 44.6. The summed E-state index contributed by atoms with van der Waals surface area (Å²) in [6.45, 7) is 2.42. The molecule has 11 nitrogen and oxygen atoms in total. The molecule has 0 atom stereocenters. The predicted octanol–water partition coefficient (Wildman–Crippen LogP) is 6.92. The Balaban J connectivity index is 1.13. The van der Waals surface area contributed by atoms with Gasteiger partial charge in [0.1, 0.15) is 16.9 Å². The zero-order chi connectivity index (χ0) is 36.3. The fourth-order valence-corrected chi connectivity index (χ4v) is 6.20. The van der Waals surface area contributed by atoms with Gasteiger partial charge < -0.3 is 35.1 Å². The fourth-order valence-electron chi connectivity index (χ4n) is 6.20. The molecule has 1 saturated carbocycles. The minimum absolute atomic E-state index is 0.000345. The van der Waals surface area contributed by atoms with Crippen LogP contribution in [0, 0.1) is 5.41 Å². The summed E-state index contributed by atoms with van der Waals surface area (Å²) in [7, 11) is 3.06. The van der Waals surface area contributed by atoms with E-state index in [-0.39, 0.29) is 36.2 Å². The van der Waals surface area contributed by atoms with Crippen molar-refractivity contribution < 1.29 is 41.8 Å². The second-order valence-corrected chi connectivity index (χ2v) is 12.6. The molecule has 4 aromatic rings.